The molecule has 0 amide bonds. The van der Waals surface area contributed by atoms with Gasteiger partial charge in [-0.15, -0.1) is 0 Å². The number of pyridine rings is 1. The lowest BCUT2D eigenvalue weighted by Gasteiger charge is -2.45. The van der Waals surface area contributed by atoms with E-state index in [1.54, 1.807) is 24.3 Å². The molecule has 2 aliphatic rings. The lowest BCUT2D eigenvalue weighted by molar-refractivity contribution is -0.141. The van der Waals surface area contributed by atoms with Gasteiger partial charge < -0.3 is 0 Å². The molecule has 1 N–H and O–H groups in total. The van der Waals surface area contributed by atoms with E-state index in [1.165, 1.54) is 16.6 Å². The third-order valence-corrected chi connectivity index (χ3v) is 9.10. The number of sulfonamides is 1. The van der Waals surface area contributed by atoms with E-state index >= 15 is 0 Å². The topological polar surface area (TPSA) is 79.0 Å². The normalized spacial score (nSPS) is 19.4. The van der Waals surface area contributed by atoms with E-state index in [2.05, 4.69) is 15.2 Å². The molecule has 2 aliphatic heterocycles. The molecule has 0 saturated carbocycles. The zero-order valence-electron chi connectivity index (χ0n) is 19.8. The van der Waals surface area contributed by atoms with Gasteiger partial charge in [-0.2, -0.15) is 35.7 Å². The summed E-state index contributed by atoms with van der Waals surface area (Å²) in [6.07, 6.45) is -6.75. The lowest BCUT2D eigenvalue weighted by Crippen LogP contribution is -2.46. The molecule has 6 nitrogen and oxygen atoms in total. The molecule has 2 unspecified atom stereocenters. The first-order chi connectivity index (χ1) is 18.4. The third kappa shape index (κ3) is 4.20. The summed E-state index contributed by atoms with van der Waals surface area (Å²) in [5, 5.41) is 6.95. The number of nitrogens with one attached hydrogen (secondary N) is 1. The van der Waals surface area contributed by atoms with Gasteiger partial charge >= 0.3 is 12.4 Å². The van der Waals surface area contributed by atoms with Gasteiger partial charge in [-0.05, 0) is 52.9 Å². The van der Waals surface area contributed by atoms with Crippen LogP contribution in [0.3, 0.4) is 0 Å². The molecule has 0 saturated heterocycles. The standard InChI is InChI=1S/C26H18F6N4O2S/c27-25(28,29)15-4-1-3-14(9-15)17-5-2-6-18-19(17)10-22-20-13-34-35-21(20)11-23(18)36(22)39(37,38)16-7-8-24(33-12-16)26(30,31)32/h1-9,12-13,22-23H,10-11H2,(H,34,35). The maximum atomic E-state index is 13.9. The molecule has 2 bridgehead atoms. The number of hydrogen-bond donors (Lipinski definition) is 1. The summed E-state index contributed by atoms with van der Waals surface area (Å²) >= 11 is 0. The highest BCUT2D eigenvalue weighted by atomic mass is 32.2. The van der Waals surface area contributed by atoms with Crippen molar-refractivity contribution in [3.8, 4) is 11.1 Å². The van der Waals surface area contributed by atoms with Crippen LogP contribution in [0.5, 0.6) is 0 Å². The molecular formula is C26H18F6N4O2S. The number of benzene rings is 2. The van der Waals surface area contributed by atoms with Crippen LogP contribution in [-0.4, -0.2) is 27.9 Å². The SMILES string of the molecule is O=S(=O)(c1ccc(C(F)(F)F)nc1)N1C2Cc3c(-c4cccc(C(F)(F)F)c4)cccc3C1Cc1[nH]ncc12. The number of hydrogen-bond acceptors (Lipinski definition) is 4. The van der Waals surface area contributed by atoms with Gasteiger partial charge in [0.05, 0.1) is 23.8 Å². The highest BCUT2D eigenvalue weighted by molar-refractivity contribution is 7.89. The fourth-order valence-corrected chi connectivity index (χ4v) is 7.20. The average molecular weight is 565 g/mol. The van der Waals surface area contributed by atoms with Crippen molar-refractivity contribution in [2.24, 2.45) is 0 Å². The molecule has 2 aromatic heterocycles. The molecule has 0 radical (unpaired) electrons. The summed E-state index contributed by atoms with van der Waals surface area (Å²) < 4.78 is 108. The van der Waals surface area contributed by atoms with Crippen molar-refractivity contribution in [3.63, 3.8) is 0 Å². The number of nitrogens with zero attached hydrogens (tertiary/aromatic N) is 3. The molecule has 2 atom stereocenters. The number of aromatic amines is 1. The molecular weight excluding hydrogens is 546 g/mol. The lowest BCUT2D eigenvalue weighted by atomic mass is 9.78. The second-order valence-corrected chi connectivity index (χ2v) is 11.3. The molecule has 4 aromatic rings. The number of halogens is 6. The Morgan fingerprint density at radius 1 is 0.846 bits per heavy atom. The fraction of sp³-hybridized carbons (Fsp3) is 0.231. The van der Waals surface area contributed by atoms with E-state index in [-0.39, 0.29) is 12.8 Å². The first kappa shape index (κ1) is 25.6. The van der Waals surface area contributed by atoms with Crippen molar-refractivity contribution in [1.82, 2.24) is 19.5 Å². The van der Waals surface area contributed by atoms with E-state index in [0.29, 0.717) is 40.1 Å². The monoisotopic (exact) mass is 564 g/mol. The Balaban J connectivity index is 1.48. The maximum Gasteiger partial charge on any atom is 0.433 e. The zero-order valence-corrected chi connectivity index (χ0v) is 20.6. The smallest absolute Gasteiger partial charge is 0.282 e. The van der Waals surface area contributed by atoms with Crippen LogP contribution >= 0.6 is 0 Å². The Morgan fingerprint density at radius 3 is 2.28 bits per heavy atom. The van der Waals surface area contributed by atoms with Gasteiger partial charge in [0.25, 0.3) is 0 Å². The second kappa shape index (κ2) is 8.65. The van der Waals surface area contributed by atoms with Crippen LogP contribution in [0.15, 0.2) is 71.9 Å². The predicted octanol–water partition coefficient (Wildman–Crippen LogP) is 6.09. The van der Waals surface area contributed by atoms with E-state index in [1.807, 2.05) is 0 Å². The Labute approximate surface area is 218 Å². The number of rotatable bonds is 3. The van der Waals surface area contributed by atoms with Crippen molar-refractivity contribution >= 4 is 10.0 Å². The van der Waals surface area contributed by atoms with Crippen LogP contribution in [0.1, 0.15) is 45.7 Å². The quantitative estimate of drug-likeness (QED) is 0.306. The Hall–Kier alpha value is -3.71. The molecule has 202 valence electrons. The molecule has 13 heteroatoms. The number of fused-ring (bicyclic) bond motifs is 6. The minimum Gasteiger partial charge on any atom is -0.282 e. The predicted molar refractivity (Wildman–Crippen MR) is 127 cm³/mol. The number of alkyl halides is 6. The van der Waals surface area contributed by atoms with Gasteiger partial charge in [0, 0.05) is 23.9 Å². The van der Waals surface area contributed by atoms with Crippen molar-refractivity contribution in [2.75, 3.05) is 0 Å². The zero-order chi connectivity index (χ0) is 27.7. The number of aromatic nitrogens is 3. The van der Waals surface area contributed by atoms with E-state index < -0.39 is 50.6 Å². The van der Waals surface area contributed by atoms with E-state index in [9.17, 15) is 34.8 Å². The van der Waals surface area contributed by atoms with Crippen LogP contribution in [0.25, 0.3) is 11.1 Å². The maximum absolute atomic E-state index is 13.9. The minimum atomic E-state index is -4.73. The molecule has 2 aromatic carbocycles. The second-order valence-electron chi connectivity index (χ2n) is 9.41. The number of H-pyrrole nitrogens is 1. The summed E-state index contributed by atoms with van der Waals surface area (Å²) in [6.45, 7) is 0. The summed E-state index contributed by atoms with van der Waals surface area (Å²) in [5.41, 5.74) is 1.50. The molecule has 0 aliphatic carbocycles. The van der Waals surface area contributed by atoms with Crippen molar-refractivity contribution in [3.05, 3.63) is 101 Å². The summed E-state index contributed by atoms with van der Waals surface area (Å²) in [7, 11) is -4.34. The summed E-state index contributed by atoms with van der Waals surface area (Å²) in [6, 6.07) is 9.96. The van der Waals surface area contributed by atoms with E-state index in [4.69, 9.17) is 0 Å². The van der Waals surface area contributed by atoms with Crippen LogP contribution < -0.4 is 0 Å². The molecule has 4 heterocycles. The van der Waals surface area contributed by atoms with Crippen molar-refractivity contribution in [2.45, 2.75) is 42.2 Å². The van der Waals surface area contributed by atoms with Crippen molar-refractivity contribution in [1.29, 1.82) is 0 Å². The van der Waals surface area contributed by atoms with Crippen LogP contribution in [-0.2, 0) is 35.2 Å². The molecule has 0 spiro atoms. The largest absolute Gasteiger partial charge is 0.433 e. The molecule has 39 heavy (non-hydrogen) atoms. The van der Waals surface area contributed by atoms with Gasteiger partial charge in [0.1, 0.15) is 10.6 Å². The van der Waals surface area contributed by atoms with Gasteiger partial charge in [-0.3, -0.25) is 10.1 Å². The van der Waals surface area contributed by atoms with Crippen LogP contribution in [0.2, 0.25) is 0 Å². The summed E-state index contributed by atoms with van der Waals surface area (Å²) in [5.74, 6) is 0. The Kier molecular flexibility index (Phi) is 5.67. The van der Waals surface area contributed by atoms with Gasteiger partial charge in [0.15, 0.2) is 0 Å². The highest BCUT2D eigenvalue weighted by Crippen LogP contribution is 2.51. The minimum absolute atomic E-state index is 0.123. The van der Waals surface area contributed by atoms with Gasteiger partial charge in [0.2, 0.25) is 10.0 Å². The third-order valence-electron chi connectivity index (χ3n) is 7.19. The van der Waals surface area contributed by atoms with Crippen molar-refractivity contribution < 1.29 is 34.8 Å². The first-order valence-corrected chi connectivity index (χ1v) is 13.2. The van der Waals surface area contributed by atoms with Gasteiger partial charge in [-0.1, -0.05) is 30.3 Å². The molecule has 0 fully saturated rings. The molecule has 6 rings (SSSR count). The highest BCUT2D eigenvalue weighted by Gasteiger charge is 2.48. The summed E-state index contributed by atoms with van der Waals surface area (Å²) in [4.78, 5) is 2.93. The van der Waals surface area contributed by atoms with Crippen LogP contribution in [0, 0.1) is 0 Å². The Bertz CT molecular complexity index is 1680. The Morgan fingerprint density at radius 2 is 1.59 bits per heavy atom. The average Bonchev–Trinajstić information content (AvgIpc) is 3.36. The van der Waals surface area contributed by atoms with Crippen LogP contribution in [0.4, 0.5) is 26.3 Å². The van der Waals surface area contributed by atoms with E-state index in [0.717, 1.165) is 23.9 Å². The fourth-order valence-electron chi connectivity index (χ4n) is 5.49. The van der Waals surface area contributed by atoms with Gasteiger partial charge in [-0.25, -0.2) is 8.42 Å². The first-order valence-electron chi connectivity index (χ1n) is 11.7.